The van der Waals surface area contributed by atoms with Crippen LogP contribution in [0.1, 0.15) is 24.7 Å². The first kappa shape index (κ1) is 13.7. The van der Waals surface area contributed by atoms with Crippen LogP contribution < -0.4 is 5.56 Å². The molecule has 7 heteroatoms. The molecule has 0 saturated heterocycles. The summed E-state index contributed by atoms with van der Waals surface area (Å²) in [5, 5.41) is 4.40. The number of aromatic amines is 1. The van der Waals surface area contributed by atoms with E-state index in [1.165, 1.54) is 10.8 Å². The minimum atomic E-state index is -0.216. The van der Waals surface area contributed by atoms with Gasteiger partial charge in [0, 0.05) is 13.0 Å². The summed E-state index contributed by atoms with van der Waals surface area (Å²) in [6, 6.07) is 9.98. The Morgan fingerprint density at radius 1 is 1.22 bits per heavy atom. The van der Waals surface area contributed by atoms with E-state index < -0.39 is 0 Å². The first-order chi connectivity index (χ1) is 11.3. The lowest BCUT2D eigenvalue weighted by molar-refractivity contribution is 0.686. The van der Waals surface area contributed by atoms with Gasteiger partial charge in [-0.3, -0.25) is 9.36 Å². The van der Waals surface area contributed by atoms with E-state index in [2.05, 4.69) is 27.0 Å². The first-order valence-electron chi connectivity index (χ1n) is 7.63. The number of hydrogen-bond donors (Lipinski definition) is 1. The largest absolute Gasteiger partial charge is 0.339 e. The molecule has 0 saturated carbocycles. The predicted molar refractivity (Wildman–Crippen MR) is 86.4 cm³/mol. The number of nitrogens with one attached hydrogen (secondary N) is 1. The Bertz CT molecular complexity index is 1030. The van der Waals surface area contributed by atoms with Gasteiger partial charge in [0.1, 0.15) is 0 Å². The molecule has 4 rings (SSSR count). The van der Waals surface area contributed by atoms with Crippen molar-refractivity contribution in [2.75, 3.05) is 0 Å². The van der Waals surface area contributed by atoms with Gasteiger partial charge in [0.2, 0.25) is 5.78 Å². The normalized spacial score (nSPS) is 11.5. The maximum atomic E-state index is 12.5. The zero-order valence-electron chi connectivity index (χ0n) is 12.7. The Labute approximate surface area is 131 Å². The van der Waals surface area contributed by atoms with E-state index in [4.69, 9.17) is 0 Å². The van der Waals surface area contributed by atoms with E-state index in [-0.39, 0.29) is 5.56 Å². The molecule has 0 aliphatic rings. The van der Waals surface area contributed by atoms with Crippen molar-refractivity contribution in [3.63, 3.8) is 0 Å². The summed E-state index contributed by atoms with van der Waals surface area (Å²) in [5.74, 6) is 1.17. The summed E-state index contributed by atoms with van der Waals surface area (Å²) >= 11 is 0. The Balaban J connectivity index is 1.92. The number of benzene rings is 1. The zero-order valence-corrected chi connectivity index (χ0v) is 12.7. The molecule has 4 aromatic rings. The fourth-order valence-electron chi connectivity index (χ4n) is 2.79. The van der Waals surface area contributed by atoms with Crippen molar-refractivity contribution in [3.8, 4) is 0 Å². The molecule has 3 heterocycles. The fraction of sp³-hybridized carbons (Fsp3) is 0.250. The van der Waals surface area contributed by atoms with E-state index in [0.29, 0.717) is 29.2 Å². The summed E-state index contributed by atoms with van der Waals surface area (Å²) in [6.07, 6.45) is 3.04. The topological polar surface area (TPSA) is 80.9 Å². The van der Waals surface area contributed by atoms with Crippen LogP contribution in [-0.2, 0) is 13.0 Å². The molecule has 0 aliphatic heterocycles. The van der Waals surface area contributed by atoms with Gasteiger partial charge in [-0.25, -0.2) is 4.98 Å². The second-order valence-electron chi connectivity index (χ2n) is 5.46. The van der Waals surface area contributed by atoms with Gasteiger partial charge in [0.15, 0.2) is 17.0 Å². The van der Waals surface area contributed by atoms with Crippen LogP contribution >= 0.6 is 0 Å². The number of aryl methyl sites for hydroxylation is 1. The molecule has 23 heavy (non-hydrogen) atoms. The molecule has 0 aliphatic carbocycles. The summed E-state index contributed by atoms with van der Waals surface area (Å²) in [5.41, 5.74) is 1.98. The van der Waals surface area contributed by atoms with Gasteiger partial charge in [0.05, 0.1) is 6.33 Å². The minimum absolute atomic E-state index is 0.216. The molecule has 7 nitrogen and oxygen atoms in total. The van der Waals surface area contributed by atoms with Gasteiger partial charge < -0.3 is 4.98 Å². The number of rotatable bonds is 4. The molecule has 3 aromatic heterocycles. The molecule has 1 aromatic carbocycles. The van der Waals surface area contributed by atoms with Crippen molar-refractivity contribution in [1.82, 2.24) is 29.1 Å². The third-order valence-corrected chi connectivity index (χ3v) is 3.81. The molecule has 0 bridgehead atoms. The molecule has 0 atom stereocenters. The third-order valence-electron chi connectivity index (χ3n) is 3.81. The maximum absolute atomic E-state index is 12.5. The number of fused-ring (bicyclic) bond motifs is 2. The van der Waals surface area contributed by atoms with E-state index in [1.807, 2.05) is 34.9 Å². The van der Waals surface area contributed by atoms with Crippen LogP contribution in [0.5, 0.6) is 0 Å². The monoisotopic (exact) mass is 308 g/mol. The molecule has 0 radical (unpaired) electrons. The molecule has 0 unspecified atom stereocenters. The Hall–Kier alpha value is -2.96. The fourth-order valence-corrected chi connectivity index (χ4v) is 2.79. The lowest BCUT2D eigenvalue weighted by Crippen LogP contribution is -2.20. The Morgan fingerprint density at radius 3 is 2.83 bits per heavy atom. The average Bonchev–Trinajstić information content (AvgIpc) is 3.20. The van der Waals surface area contributed by atoms with Crippen molar-refractivity contribution >= 4 is 16.9 Å². The van der Waals surface area contributed by atoms with Crippen molar-refractivity contribution in [2.45, 2.75) is 26.3 Å². The second-order valence-corrected chi connectivity index (χ2v) is 5.46. The molecule has 0 amide bonds. The number of aromatic nitrogens is 6. The molecule has 0 fully saturated rings. The van der Waals surface area contributed by atoms with Crippen LogP contribution in [0.4, 0.5) is 0 Å². The lowest BCUT2D eigenvalue weighted by Gasteiger charge is -2.06. The Kier molecular flexibility index (Phi) is 3.18. The highest BCUT2D eigenvalue weighted by Crippen LogP contribution is 2.12. The summed E-state index contributed by atoms with van der Waals surface area (Å²) in [6.45, 7) is 2.81. The van der Waals surface area contributed by atoms with Crippen LogP contribution in [-0.4, -0.2) is 29.1 Å². The van der Waals surface area contributed by atoms with E-state index in [9.17, 15) is 4.79 Å². The van der Waals surface area contributed by atoms with Crippen LogP contribution in [0.15, 0.2) is 41.5 Å². The number of nitrogens with zero attached hydrogens (tertiary/aromatic N) is 5. The van der Waals surface area contributed by atoms with E-state index >= 15 is 0 Å². The standard InChI is InChI=1S/C16H16N6O/c1-2-8-21-14-13(17-10-18-14)15(23)22-16(21)19-12(20-22)9-11-6-4-3-5-7-11/h3-7,10H,2,8-9H2,1H3,(H,17,18). The maximum Gasteiger partial charge on any atom is 0.301 e. The van der Waals surface area contributed by atoms with Crippen molar-refractivity contribution in [3.05, 3.63) is 58.4 Å². The molecule has 0 spiro atoms. The summed E-state index contributed by atoms with van der Waals surface area (Å²) in [4.78, 5) is 24.3. The third kappa shape index (κ3) is 2.21. The van der Waals surface area contributed by atoms with Crippen molar-refractivity contribution in [1.29, 1.82) is 0 Å². The van der Waals surface area contributed by atoms with Gasteiger partial charge in [-0.05, 0) is 12.0 Å². The first-order valence-corrected chi connectivity index (χ1v) is 7.63. The predicted octanol–water partition coefficient (Wildman–Crippen LogP) is 1.77. The Morgan fingerprint density at radius 2 is 2.04 bits per heavy atom. The smallest absolute Gasteiger partial charge is 0.301 e. The van der Waals surface area contributed by atoms with Crippen molar-refractivity contribution < 1.29 is 0 Å². The van der Waals surface area contributed by atoms with E-state index in [0.717, 1.165) is 18.5 Å². The van der Waals surface area contributed by atoms with Crippen LogP contribution in [0.2, 0.25) is 0 Å². The lowest BCUT2D eigenvalue weighted by atomic mass is 10.1. The number of imidazole rings is 1. The summed E-state index contributed by atoms with van der Waals surface area (Å²) in [7, 11) is 0. The van der Waals surface area contributed by atoms with Crippen LogP contribution in [0, 0.1) is 0 Å². The van der Waals surface area contributed by atoms with E-state index in [1.54, 1.807) is 0 Å². The molecular formula is C16H16N6O. The van der Waals surface area contributed by atoms with Crippen molar-refractivity contribution in [2.24, 2.45) is 0 Å². The number of H-pyrrole nitrogens is 1. The minimum Gasteiger partial charge on any atom is -0.339 e. The van der Waals surface area contributed by atoms with Gasteiger partial charge >= 0.3 is 5.56 Å². The highest BCUT2D eigenvalue weighted by molar-refractivity contribution is 5.71. The highest BCUT2D eigenvalue weighted by Gasteiger charge is 2.16. The van der Waals surface area contributed by atoms with Crippen LogP contribution in [0.25, 0.3) is 16.9 Å². The van der Waals surface area contributed by atoms with Crippen LogP contribution in [0.3, 0.4) is 0 Å². The molecular weight excluding hydrogens is 292 g/mol. The van der Waals surface area contributed by atoms with Gasteiger partial charge in [0.25, 0.3) is 0 Å². The quantitative estimate of drug-likeness (QED) is 0.623. The van der Waals surface area contributed by atoms with Gasteiger partial charge in [-0.15, -0.1) is 5.10 Å². The second kappa shape index (κ2) is 5.35. The van der Waals surface area contributed by atoms with Gasteiger partial charge in [-0.1, -0.05) is 37.3 Å². The highest BCUT2D eigenvalue weighted by atomic mass is 16.1. The number of hydrogen-bond acceptors (Lipinski definition) is 4. The zero-order chi connectivity index (χ0) is 15.8. The SMILES string of the molecule is CCCn1c2nc[nH]c2c(=O)n2nc(Cc3ccccc3)nc12. The van der Waals surface area contributed by atoms with Gasteiger partial charge in [-0.2, -0.15) is 9.50 Å². The molecule has 116 valence electrons. The molecule has 1 N–H and O–H groups in total. The average molecular weight is 308 g/mol. The summed E-state index contributed by atoms with van der Waals surface area (Å²) < 4.78 is 3.31.